The minimum absolute atomic E-state index is 0.110. The lowest BCUT2D eigenvalue weighted by Gasteiger charge is -2.41. The molecule has 1 saturated heterocycles. The smallest absolute Gasteiger partial charge is 0.142 e. The molecule has 4 heteroatoms. The summed E-state index contributed by atoms with van der Waals surface area (Å²) in [5, 5.41) is 3.50. The van der Waals surface area contributed by atoms with Crippen molar-refractivity contribution in [1.82, 2.24) is 10.2 Å². The van der Waals surface area contributed by atoms with E-state index in [9.17, 15) is 0 Å². The Morgan fingerprint density at radius 1 is 0.900 bits per heavy atom. The van der Waals surface area contributed by atoms with E-state index in [1.807, 2.05) is 0 Å². The third kappa shape index (κ3) is 8.26. The Morgan fingerprint density at radius 2 is 1.55 bits per heavy atom. The van der Waals surface area contributed by atoms with Crippen molar-refractivity contribution in [3.8, 4) is 11.5 Å². The van der Waals surface area contributed by atoms with Crippen molar-refractivity contribution < 1.29 is 9.47 Å². The molecular formula is C36H56N2O2. The molecule has 0 amide bonds. The Bertz CT molecular complexity index is 1100. The molecule has 0 unspecified atom stereocenters. The Labute approximate surface area is 245 Å². The van der Waals surface area contributed by atoms with Crippen molar-refractivity contribution in [1.29, 1.82) is 0 Å². The van der Waals surface area contributed by atoms with E-state index >= 15 is 0 Å². The van der Waals surface area contributed by atoms with Gasteiger partial charge in [-0.05, 0) is 143 Å². The van der Waals surface area contributed by atoms with E-state index in [1.54, 1.807) is 0 Å². The van der Waals surface area contributed by atoms with Crippen LogP contribution < -0.4 is 14.8 Å². The van der Waals surface area contributed by atoms with Gasteiger partial charge in [-0.3, -0.25) is 4.90 Å². The molecule has 4 nitrogen and oxygen atoms in total. The van der Waals surface area contributed by atoms with Crippen LogP contribution in [0.15, 0.2) is 34.9 Å². The average molecular weight is 549 g/mol. The molecule has 1 N–H and O–H groups in total. The zero-order valence-electron chi connectivity index (χ0n) is 26.7. The van der Waals surface area contributed by atoms with Gasteiger partial charge in [-0.1, -0.05) is 34.9 Å². The second-order valence-electron chi connectivity index (χ2n) is 13.4. The van der Waals surface area contributed by atoms with E-state index in [0.717, 1.165) is 88.5 Å². The number of ether oxygens (including phenoxy) is 2. The standard InChI is InChI=1S/C36H56N2O2/c1-26(2)11-8-12-27(3)13-9-14-28(4)15-10-19-36(7)20-16-32-33-24-38(23-31-17-21-37-22-18-31)25-39-34(33)29(5)30(6)35(32)40-36/h11,13,15,31,37H,8-10,12,14,16-25H2,1-7H3/t36-/m1/s1. The molecule has 0 aromatic heterocycles. The maximum atomic E-state index is 6.91. The van der Waals surface area contributed by atoms with Gasteiger partial charge in [0.25, 0.3) is 0 Å². The minimum atomic E-state index is -0.110. The number of allylic oxidation sites excluding steroid dienone is 6. The highest BCUT2D eigenvalue weighted by Gasteiger charge is 2.36. The lowest BCUT2D eigenvalue weighted by atomic mass is 9.84. The Balaban J connectivity index is 1.33. The van der Waals surface area contributed by atoms with Crippen LogP contribution in [0.2, 0.25) is 0 Å². The molecule has 0 saturated carbocycles. The molecular weight excluding hydrogens is 492 g/mol. The van der Waals surface area contributed by atoms with Crippen LogP contribution in [0.1, 0.15) is 115 Å². The lowest BCUT2D eigenvalue weighted by molar-refractivity contribution is 0.0499. The predicted octanol–water partition coefficient (Wildman–Crippen LogP) is 8.74. The molecule has 3 aliphatic rings. The monoisotopic (exact) mass is 548 g/mol. The summed E-state index contributed by atoms with van der Waals surface area (Å²) in [6.07, 6.45) is 18.7. The largest absolute Gasteiger partial charge is 0.487 e. The molecule has 222 valence electrons. The Kier molecular flexibility index (Phi) is 11.0. The number of fused-ring (bicyclic) bond motifs is 3. The molecule has 4 rings (SSSR count). The first-order valence-corrected chi connectivity index (χ1v) is 16.0. The number of benzene rings is 1. The van der Waals surface area contributed by atoms with Crippen LogP contribution in [-0.4, -0.2) is 36.9 Å². The summed E-state index contributed by atoms with van der Waals surface area (Å²) in [7, 11) is 0. The van der Waals surface area contributed by atoms with Crippen LogP contribution in [0.4, 0.5) is 0 Å². The summed E-state index contributed by atoms with van der Waals surface area (Å²) in [4.78, 5) is 2.52. The minimum Gasteiger partial charge on any atom is -0.487 e. The van der Waals surface area contributed by atoms with E-state index < -0.39 is 0 Å². The number of rotatable bonds is 11. The molecule has 3 aliphatic heterocycles. The van der Waals surface area contributed by atoms with Gasteiger partial charge in [0, 0.05) is 24.2 Å². The van der Waals surface area contributed by atoms with Crippen molar-refractivity contribution in [3.63, 3.8) is 0 Å². The quantitative estimate of drug-likeness (QED) is 0.280. The zero-order chi connectivity index (χ0) is 28.7. The third-order valence-electron chi connectivity index (χ3n) is 9.45. The third-order valence-corrected chi connectivity index (χ3v) is 9.45. The number of nitrogens with one attached hydrogen (secondary N) is 1. The first-order chi connectivity index (χ1) is 19.1. The van der Waals surface area contributed by atoms with Crippen LogP contribution in [0.5, 0.6) is 11.5 Å². The van der Waals surface area contributed by atoms with Gasteiger partial charge in [0.1, 0.15) is 23.8 Å². The first-order valence-electron chi connectivity index (χ1n) is 16.0. The van der Waals surface area contributed by atoms with Gasteiger partial charge in [0.2, 0.25) is 0 Å². The highest BCUT2D eigenvalue weighted by molar-refractivity contribution is 5.60. The zero-order valence-corrected chi connectivity index (χ0v) is 26.7. The van der Waals surface area contributed by atoms with Crippen LogP contribution in [-0.2, 0) is 13.0 Å². The van der Waals surface area contributed by atoms with Gasteiger partial charge >= 0.3 is 0 Å². The first kappa shape index (κ1) is 30.9. The molecule has 1 aromatic rings. The Hall–Kier alpha value is -2.04. The second kappa shape index (κ2) is 14.2. The van der Waals surface area contributed by atoms with Gasteiger partial charge in [-0.25, -0.2) is 0 Å². The van der Waals surface area contributed by atoms with Crippen molar-refractivity contribution in [2.75, 3.05) is 26.4 Å². The molecule has 40 heavy (non-hydrogen) atoms. The fourth-order valence-corrected chi connectivity index (χ4v) is 6.63. The van der Waals surface area contributed by atoms with Crippen molar-refractivity contribution in [3.05, 3.63) is 57.2 Å². The van der Waals surface area contributed by atoms with Gasteiger partial charge in [-0.15, -0.1) is 0 Å². The molecule has 0 bridgehead atoms. The van der Waals surface area contributed by atoms with Crippen molar-refractivity contribution in [2.24, 2.45) is 5.92 Å². The van der Waals surface area contributed by atoms with Crippen molar-refractivity contribution in [2.45, 2.75) is 125 Å². The predicted molar refractivity (Wildman–Crippen MR) is 169 cm³/mol. The number of nitrogens with zero attached hydrogens (tertiary/aromatic N) is 1. The lowest BCUT2D eigenvalue weighted by Crippen LogP contribution is -2.41. The normalized spacial score (nSPS) is 22.3. The second-order valence-corrected chi connectivity index (χ2v) is 13.4. The Morgan fingerprint density at radius 3 is 2.25 bits per heavy atom. The van der Waals surface area contributed by atoms with Gasteiger partial charge in [-0.2, -0.15) is 0 Å². The molecule has 0 spiro atoms. The topological polar surface area (TPSA) is 33.7 Å². The molecule has 0 radical (unpaired) electrons. The SMILES string of the molecule is CC(C)=CCCC(C)=CCCC(C)=CCC[C@]1(C)CCc2c3c(c(C)c(C)c2O1)OCN(CC1CCNCC1)C3. The summed E-state index contributed by atoms with van der Waals surface area (Å²) in [5.41, 5.74) is 9.65. The summed E-state index contributed by atoms with van der Waals surface area (Å²) in [5.74, 6) is 3.05. The van der Waals surface area contributed by atoms with E-state index in [2.05, 4.69) is 76.9 Å². The van der Waals surface area contributed by atoms with Crippen molar-refractivity contribution >= 4 is 0 Å². The van der Waals surface area contributed by atoms with E-state index in [-0.39, 0.29) is 5.60 Å². The van der Waals surface area contributed by atoms with Crippen LogP contribution in [0.25, 0.3) is 0 Å². The fraction of sp³-hybridized carbons (Fsp3) is 0.667. The highest BCUT2D eigenvalue weighted by atomic mass is 16.5. The maximum Gasteiger partial charge on any atom is 0.142 e. The summed E-state index contributed by atoms with van der Waals surface area (Å²) >= 11 is 0. The van der Waals surface area contributed by atoms with Gasteiger partial charge in [0.05, 0.1) is 0 Å². The fourth-order valence-electron chi connectivity index (χ4n) is 6.63. The number of piperidine rings is 1. The molecule has 1 atom stereocenters. The van der Waals surface area contributed by atoms with E-state index in [0.29, 0.717) is 6.73 Å². The van der Waals surface area contributed by atoms with E-state index in [4.69, 9.17) is 9.47 Å². The van der Waals surface area contributed by atoms with Crippen LogP contribution >= 0.6 is 0 Å². The summed E-state index contributed by atoms with van der Waals surface area (Å²) in [6.45, 7) is 20.8. The molecule has 1 fully saturated rings. The molecule has 1 aromatic carbocycles. The van der Waals surface area contributed by atoms with E-state index in [1.165, 1.54) is 58.2 Å². The number of hydrogen-bond acceptors (Lipinski definition) is 4. The summed E-state index contributed by atoms with van der Waals surface area (Å²) < 4.78 is 13.3. The maximum absolute atomic E-state index is 6.91. The summed E-state index contributed by atoms with van der Waals surface area (Å²) in [6, 6.07) is 0. The van der Waals surface area contributed by atoms with Gasteiger partial charge < -0.3 is 14.8 Å². The van der Waals surface area contributed by atoms with Crippen LogP contribution in [0.3, 0.4) is 0 Å². The van der Waals surface area contributed by atoms with Crippen LogP contribution in [0, 0.1) is 19.8 Å². The molecule has 3 heterocycles. The molecule has 0 aliphatic carbocycles. The highest BCUT2D eigenvalue weighted by Crippen LogP contribution is 2.46. The number of hydrogen-bond donors (Lipinski definition) is 1. The average Bonchev–Trinajstić information content (AvgIpc) is 2.92. The van der Waals surface area contributed by atoms with Gasteiger partial charge in [0.15, 0.2) is 0 Å².